The van der Waals surface area contributed by atoms with Crippen LogP contribution >= 0.6 is 11.8 Å². The van der Waals surface area contributed by atoms with Gasteiger partial charge in [0.1, 0.15) is 36.4 Å². The quantitative estimate of drug-likeness (QED) is 0.281. The third kappa shape index (κ3) is 3.54. The minimum atomic E-state index is -1.71. The smallest absolute Gasteiger partial charge is 0.162 e. The van der Waals surface area contributed by atoms with Gasteiger partial charge < -0.3 is 40.8 Å². The first-order valence-corrected chi connectivity index (χ1v) is 6.44. The van der Waals surface area contributed by atoms with Gasteiger partial charge >= 0.3 is 0 Å². The van der Waals surface area contributed by atoms with Gasteiger partial charge in [-0.25, -0.2) is 0 Å². The van der Waals surface area contributed by atoms with Crippen LogP contribution in [0.4, 0.5) is 0 Å². The van der Waals surface area contributed by atoms with E-state index >= 15 is 0 Å². The molecule has 8 nitrogen and oxygen atoms in total. The Morgan fingerprint density at radius 3 is 2.39 bits per heavy atom. The first kappa shape index (κ1) is 15.6. The average Bonchev–Trinajstić information content (AvgIpc) is 2.84. The molecule has 1 aliphatic rings. The Bertz CT molecular complexity index is 292. The van der Waals surface area contributed by atoms with Crippen LogP contribution in [0.5, 0.6) is 0 Å². The van der Waals surface area contributed by atoms with Crippen molar-refractivity contribution in [3.05, 3.63) is 0 Å². The molecule has 0 aromatic carbocycles. The van der Waals surface area contributed by atoms with Crippen molar-refractivity contribution in [2.75, 3.05) is 12.4 Å². The Morgan fingerprint density at radius 1 is 1.33 bits per heavy atom. The number of carboxylic acid groups (broad SMARTS) is 1. The Hall–Kier alpha value is -0.420. The Kier molecular flexibility index (Phi) is 5.79. The molecule has 106 valence electrons. The van der Waals surface area contributed by atoms with Gasteiger partial charge in [0.2, 0.25) is 0 Å². The lowest BCUT2D eigenvalue weighted by Crippen LogP contribution is -2.96. The van der Waals surface area contributed by atoms with Gasteiger partial charge in [0.05, 0.1) is 12.4 Å². The molecule has 0 bridgehead atoms. The average molecular weight is 283 g/mol. The van der Waals surface area contributed by atoms with Crippen molar-refractivity contribution in [1.29, 1.82) is 0 Å². The maximum absolute atomic E-state index is 10.6. The number of hydrogen-bond acceptors (Lipinski definition) is 8. The van der Waals surface area contributed by atoms with Gasteiger partial charge in [-0.3, -0.25) is 0 Å². The summed E-state index contributed by atoms with van der Waals surface area (Å²) in [6.07, 6.45) is -6.39. The molecule has 0 aliphatic carbocycles. The summed E-state index contributed by atoms with van der Waals surface area (Å²) in [4.78, 5) is 10.6. The SMILES string of the molecule is O=C([O-])[C@@H]1CS[C@H]([C@@H](O)[C@H](O)[C@H](O)[C@H](O)CO)[NH2+]1. The number of aliphatic hydroxyl groups excluding tert-OH is 5. The fourth-order valence-electron chi connectivity index (χ4n) is 1.65. The van der Waals surface area contributed by atoms with Gasteiger partial charge in [0.25, 0.3) is 0 Å². The van der Waals surface area contributed by atoms with Crippen LogP contribution in [0, 0.1) is 0 Å². The summed E-state index contributed by atoms with van der Waals surface area (Å²) in [5.41, 5.74) is 0. The fourth-order valence-corrected chi connectivity index (χ4v) is 2.98. The van der Waals surface area contributed by atoms with E-state index in [0.717, 1.165) is 11.8 Å². The highest BCUT2D eigenvalue weighted by Gasteiger charge is 2.41. The van der Waals surface area contributed by atoms with Gasteiger partial charge in [-0.2, -0.15) is 0 Å². The second-order valence-corrected chi connectivity index (χ2v) is 5.35. The molecule has 6 atom stereocenters. The molecule has 1 heterocycles. The second kappa shape index (κ2) is 6.66. The first-order valence-electron chi connectivity index (χ1n) is 5.39. The molecule has 7 N–H and O–H groups in total. The normalized spacial score (nSPS) is 30.7. The molecule has 0 aromatic rings. The molecule has 0 saturated carbocycles. The van der Waals surface area contributed by atoms with E-state index in [0.29, 0.717) is 0 Å². The van der Waals surface area contributed by atoms with Crippen molar-refractivity contribution in [2.45, 2.75) is 35.8 Å². The predicted molar refractivity (Wildman–Crippen MR) is 58.1 cm³/mol. The van der Waals surface area contributed by atoms with Gasteiger partial charge in [-0.15, -0.1) is 0 Å². The third-order valence-corrected chi connectivity index (χ3v) is 4.18. The molecule has 1 aliphatic heterocycles. The summed E-state index contributed by atoms with van der Waals surface area (Å²) in [5, 5.41) is 57.8. The van der Waals surface area contributed by atoms with Gasteiger partial charge in [0, 0.05) is 0 Å². The minimum absolute atomic E-state index is 0.218. The van der Waals surface area contributed by atoms with E-state index in [1.807, 2.05) is 0 Å². The van der Waals surface area contributed by atoms with E-state index in [1.54, 1.807) is 0 Å². The highest BCUT2D eigenvalue weighted by atomic mass is 32.2. The van der Waals surface area contributed by atoms with E-state index in [4.69, 9.17) is 10.2 Å². The Balaban J connectivity index is 2.54. The number of rotatable bonds is 6. The molecular weight excluding hydrogens is 266 g/mol. The summed E-state index contributed by atoms with van der Waals surface area (Å²) < 4.78 is 0. The number of quaternary nitrogens is 1. The maximum Gasteiger partial charge on any atom is 0.162 e. The predicted octanol–water partition coefficient (Wildman–Crippen LogP) is -5.82. The Morgan fingerprint density at radius 2 is 1.94 bits per heavy atom. The number of carboxylic acids is 1. The molecule has 1 rings (SSSR count). The van der Waals surface area contributed by atoms with Crippen LogP contribution in [0.2, 0.25) is 0 Å². The number of hydrogen-bond donors (Lipinski definition) is 6. The molecule has 0 aromatic heterocycles. The van der Waals surface area contributed by atoms with Gasteiger partial charge in [-0.05, 0) is 0 Å². The molecule has 0 spiro atoms. The van der Waals surface area contributed by atoms with Gasteiger partial charge in [-0.1, -0.05) is 11.8 Å². The van der Waals surface area contributed by atoms with Crippen LogP contribution in [-0.2, 0) is 4.79 Å². The maximum atomic E-state index is 10.6. The lowest BCUT2D eigenvalue weighted by Gasteiger charge is -2.27. The molecular formula is C9H17NO7S. The van der Waals surface area contributed by atoms with Crippen LogP contribution in [0.1, 0.15) is 0 Å². The summed E-state index contributed by atoms with van der Waals surface area (Å²) in [6.45, 7) is -0.756. The largest absolute Gasteiger partial charge is 0.544 e. The van der Waals surface area contributed by atoms with Gasteiger partial charge in [0.15, 0.2) is 5.37 Å². The van der Waals surface area contributed by atoms with E-state index in [2.05, 4.69) is 0 Å². The van der Waals surface area contributed by atoms with Crippen molar-refractivity contribution < 1.29 is 40.8 Å². The molecule has 18 heavy (non-hydrogen) atoms. The number of thioether (sulfide) groups is 1. The number of aliphatic hydroxyl groups is 5. The molecule has 0 radical (unpaired) electrons. The van der Waals surface area contributed by atoms with Crippen molar-refractivity contribution in [3.8, 4) is 0 Å². The van der Waals surface area contributed by atoms with Crippen molar-refractivity contribution in [1.82, 2.24) is 0 Å². The highest BCUT2D eigenvalue weighted by Crippen LogP contribution is 2.19. The van der Waals surface area contributed by atoms with E-state index in [-0.39, 0.29) is 5.75 Å². The van der Waals surface area contributed by atoms with Crippen LogP contribution in [0.15, 0.2) is 0 Å². The number of carbonyl (C=O) groups excluding carboxylic acids is 1. The lowest BCUT2D eigenvalue weighted by molar-refractivity contribution is -0.692. The van der Waals surface area contributed by atoms with Crippen molar-refractivity contribution in [2.24, 2.45) is 0 Å². The molecule has 0 amide bonds. The van der Waals surface area contributed by atoms with Crippen molar-refractivity contribution in [3.63, 3.8) is 0 Å². The monoisotopic (exact) mass is 283 g/mol. The molecule has 0 unspecified atom stereocenters. The molecule has 9 heteroatoms. The lowest BCUT2D eigenvalue weighted by atomic mass is 10.0. The fraction of sp³-hybridized carbons (Fsp3) is 0.889. The van der Waals surface area contributed by atoms with Crippen LogP contribution < -0.4 is 10.4 Å². The van der Waals surface area contributed by atoms with E-state index in [9.17, 15) is 25.2 Å². The number of nitrogens with two attached hydrogens (primary N) is 1. The topological polar surface area (TPSA) is 158 Å². The summed E-state index contributed by atoms with van der Waals surface area (Å²) in [6, 6.07) is -0.818. The third-order valence-electron chi connectivity index (χ3n) is 2.81. The number of carbonyl (C=O) groups is 1. The van der Waals surface area contributed by atoms with Crippen molar-refractivity contribution >= 4 is 17.7 Å². The highest BCUT2D eigenvalue weighted by molar-refractivity contribution is 8.00. The number of aliphatic carboxylic acids is 1. The van der Waals surface area contributed by atoms with E-state index in [1.165, 1.54) is 5.32 Å². The zero-order valence-electron chi connectivity index (χ0n) is 9.42. The summed E-state index contributed by atoms with van der Waals surface area (Å²) >= 11 is 1.11. The summed E-state index contributed by atoms with van der Waals surface area (Å²) in [7, 11) is 0. The standard InChI is InChI=1S/C9H17NO7S/c11-1-4(12)5(13)6(14)7(15)8-10-3(2-18-8)9(16)17/h3-8,10-15H,1-2H2,(H,16,17)/t3-,4+,5+,6+,7-,8+/m0/s1. The zero-order valence-corrected chi connectivity index (χ0v) is 10.2. The van der Waals surface area contributed by atoms with Crippen LogP contribution in [0.25, 0.3) is 0 Å². The first-order chi connectivity index (χ1) is 8.38. The van der Waals surface area contributed by atoms with Crippen LogP contribution in [0.3, 0.4) is 0 Å². The van der Waals surface area contributed by atoms with Crippen LogP contribution in [-0.4, -0.2) is 79.7 Å². The molecule has 1 fully saturated rings. The molecule has 1 saturated heterocycles. The van der Waals surface area contributed by atoms with E-state index < -0.39 is 48.4 Å². The zero-order chi connectivity index (χ0) is 13.9. The second-order valence-electron chi connectivity index (χ2n) is 4.14. The summed E-state index contributed by atoms with van der Waals surface area (Å²) in [5.74, 6) is -1.04. The minimum Gasteiger partial charge on any atom is -0.544 e. The Labute approximate surface area is 107 Å².